The van der Waals surface area contributed by atoms with E-state index in [1.807, 2.05) is 6.92 Å². The van der Waals surface area contributed by atoms with Gasteiger partial charge in [0, 0.05) is 0 Å². The van der Waals surface area contributed by atoms with E-state index in [0.717, 1.165) is 38.5 Å². The number of unbranched alkanes of at least 4 members (excludes halogenated alkanes) is 4. The van der Waals surface area contributed by atoms with Crippen LogP contribution in [-0.2, 0) is 10.1 Å². The monoisotopic (exact) mass is 318 g/mol. The van der Waals surface area contributed by atoms with Crippen molar-refractivity contribution in [2.24, 2.45) is 0 Å². The van der Waals surface area contributed by atoms with E-state index >= 15 is 0 Å². The molecule has 0 aromatic heterocycles. The fourth-order valence-electron chi connectivity index (χ4n) is 2.04. The Balaban J connectivity index is 0. The molecule has 1 N–H and O–H groups in total. The van der Waals surface area contributed by atoms with Gasteiger partial charge in [0.05, 0.1) is 21.5 Å². The zero-order chi connectivity index (χ0) is 14.0. The summed E-state index contributed by atoms with van der Waals surface area (Å²) in [7, 11) is -4.28. The molecule has 19 heavy (non-hydrogen) atoms. The summed E-state index contributed by atoms with van der Waals surface area (Å²) in [6, 6.07) is 0. The zero-order valence-corrected chi connectivity index (χ0v) is 16.5. The number of hydrogen-bond acceptors (Lipinski definition) is 4. The standard InChI is InChI=1S/C13H28O4S.K/c1-3-5-7-8-10-13(18(15,16)17)11-12(14)9-6-4-2;/h12-14H,3-11H2,1-2H3,(H,15,16,17);/q;+1/p-1. The fraction of sp³-hybridized carbons (Fsp3) is 1.00. The largest absolute Gasteiger partial charge is 1.00 e. The molecule has 0 radical (unpaired) electrons. The van der Waals surface area contributed by atoms with Gasteiger partial charge in [0.2, 0.25) is 0 Å². The van der Waals surface area contributed by atoms with Crippen LogP contribution in [0.2, 0.25) is 0 Å². The normalized spacial score (nSPS) is 14.7. The third-order valence-corrected chi connectivity index (χ3v) is 4.46. The van der Waals surface area contributed by atoms with Crippen LogP contribution in [-0.4, -0.2) is 29.4 Å². The van der Waals surface area contributed by atoms with Gasteiger partial charge in [-0.3, -0.25) is 0 Å². The average molecular weight is 319 g/mol. The molecule has 0 saturated heterocycles. The van der Waals surface area contributed by atoms with Crippen molar-refractivity contribution < 1.29 is 69.5 Å². The van der Waals surface area contributed by atoms with Gasteiger partial charge in [0.1, 0.15) is 0 Å². The maximum absolute atomic E-state index is 11.1. The molecule has 0 aromatic carbocycles. The van der Waals surface area contributed by atoms with Crippen molar-refractivity contribution >= 4 is 10.1 Å². The Bertz CT molecular complexity index is 293. The molecule has 0 fully saturated rings. The molecule has 110 valence electrons. The Morgan fingerprint density at radius 2 is 1.58 bits per heavy atom. The molecule has 4 nitrogen and oxygen atoms in total. The summed E-state index contributed by atoms with van der Waals surface area (Å²) in [6.07, 6.45) is 6.06. The minimum atomic E-state index is -4.28. The Kier molecular flexibility index (Phi) is 15.8. The molecule has 0 rings (SSSR count). The van der Waals surface area contributed by atoms with E-state index < -0.39 is 21.5 Å². The maximum Gasteiger partial charge on any atom is 1.00 e. The first-order valence-corrected chi connectivity index (χ1v) is 8.51. The summed E-state index contributed by atoms with van der Waals surface area (Å²) in [5.41, 5.74) is 0. The van der Waals surface area contributed by atoms with E-state index in [1.54, 1.807) is 0 Å². The fourth-order valence-corrected chi connectivity index (χ4v) is 2.95. The van der Waals surface area contributed by atoms with E-state index in [0.29, 0.717) is 12.8 Å². The van der Waals surface area contributed by atoms with Gasteiger partial charge in [-0.25, -0.2) is 8.42 Å². The molecule has 2 unspecified atom stereocenters. The van der Waals surface area contributed by atoms with Crippen LogP contribution in [0.3, 0.4) is 0 Å². The molecule has 0 aliphatic rings. The number of aliphatic hydroxyl groups excluding tert-OH is 1. The molecule has 2 atom stereocenters. The molecular formula is C13H27KO4S. The third-order valence-electron chi connectivity index (χ3n) is 3.21. The molecule has 0 bridgehead atoms. The van der Waals surface area contributed by atoms with Gasteiger partial charge in [0.15, 0.2) is 0 Å². The van der Waals surface area contributed by atoms with E-state index in [2.05, 4.69) is 6.92 Å². The van der Waals surface area contributed by atoms with Gasteiger partial charge in [-0.15, -0.1) is 0 Å². The minimum absolute atomic E-state index is 0. The predicted octanol–water partition coefficient (Wildman–Crippen LogP) is -0.184. The first-order chi connectivity index (χ1) is 8.41. The molecule has 0 spiro atoms. The molecule has 0 saturated carbocycles. The first kappa shape index (κ1) is 22.8. The van der Waals surface area contributed by atoms with Crippen molar-refractivity contribution in [3.05, 3.63) is 0 Å². The summed E-state index contributed by atoms with van der Waals surface area (Å²) in [5.74, 6) is 0. The molecule has 6 heteroatoms. The predicted molar refractivity (Wildman–Crippen MR) is 72.4 cm³/mol. The van der Waals surface area contributed by atoms with Gasteiger partial charge in [-0.1, -0.05) is 52.4 Å². The molecule has 0 heterocycles. The average Bonchev–Trinajstić information content (AvgIpc) is 2.29. The van der Waals surface area contributed by atoms with Gasteiger partial charge in [-0.05, 0) is 19.3 Å². The minimum Gasteiger partial charge on any atom is -0.748 e. The van der Waals surface area contributed by atoms with Crippen LogP contribution in [0.4, 0.5) is 0 Å². The Morgan fingerprint density at radius 1 is 1.00 bits per heavy atom. The summed E-state index contributed by atoms with van der Waals surface area (Å²) in [6.45, 7) is 4.09. The Hall–Kier alpha value is 1.51. The van der Waals surface area contributed by atoms with Crippen molar-refractivity contribution in [2.45, 2.75) is 83.0 Å². The summed E-state index contributed by atoms with van der Waals surface area (Å²) in [4.78, 5) is 0. The van der Waals surface area contributed by atoms with Crippen LogP contribution >= 0.6 is 0 Å². The molecule has 0 amide bonds. The molecule has 0 aliphatic heterocycles. The zero-order valence-electron chi connectivity index (χ0n) is 12.6. The smallest absolute Gasteiger partial charge is 0.748 e. The van der Waals surface area contributed by atoms with Gasteiger partial charge < -0.3 is 9.66 Å². The van der Waals surface area contributed by atoms with Crippen molar-refractivity contribution in [1.29, 1.82) is 0 Å². The van der Waals surface area contributed by atoms with Crippen molar-refractivity contribution in [1.82, 2.24) is 0 Å². The second kappa shape index (κ2) is 13.2. The summed E-state index contributed by atoms with van der Waals surface area (Å²) in [5, 5.41) is 8.80. The molecule has 0 aromatic rings. The van der Waals surface area contributed by atoms with Crippen LogP contribution in [0, 0.1) is 0 Å². The van der Waals surface area contributed by atoms with Crippen molar-refractivity contribution in [3.8, 4) is 0 Å². The van der Waals surface area contributed by atoms with Crippen LogP contribution in [0.15, 0.2) is 0 Å². The van der Waals surface area contributed by atoms with Crippen LogP contribution < -0.4 is 51.4 Å². The van der Waals surface area contributed by atoms with Gasteiger partial charge in [-0.2, -0.15) is 0 Å². The van der Waals surface area contributed by atoms with E-state index in [9.17, 15) is 18.1 Å². The third kappa shape index (κ3) is 12.9. The van der Waals surface area contributed by atoms with E-state index in [1.165, 1.54) is 0 Å². The SMILES string of the molecule is CCCCCCC(CC(O)CCCC)S(=O)(=O)[O-].[K+]. The number of rotatable bonds is 11. The second-order valence-electron chi connectivity index (χ2n) is 5.00. The van der Waals surface area contributed by atoms with Gasteiger partial charge in [0.25, 0.3) is 0 Å². The molecular weight excluding hydrogens is 291 g/mol. The van der Waals surface area contributed by atoms with Gasteiger partial charge >= 0.3 is 51.4 Å². The maximum atomic E-state index is 11.1. The summed E-state index contributed by atoms with van der Waals surface area (Å²) < 4.78 is 33.4. The second-order valence-corrected chi connectivity index (χ2v) is 6.65. The topological polar surface area (TPSA) is 77.4 Å². The van der Waals surface area contributed by atoms with Crippen molar-refractivity contribution in [3.63, 3.8) is 0 Å². The van der Waals surface area contributed by atoms with Crippen LogP contribution in [0.5, 0.6) is 0 Å². The van der Waals surface area contributed by atoms with Crippen LogP contribution in [0.1, 0.15) is 71.6 Å². The summed E-state index contributed by atoms with van der Waals surface area (Å²) >= 11 is 0. The van der Waals surface area contributed by atoms with Crippen LogP contribution in [0.25, 0.3) is 0 Å². The molecule has 0 aliphatic carbocycles. The van der Waals surface area contributed by atoms with E-state index in [-0.39, 0.29) is 57.8 Å². The number of hydrogen-bond donors (Lipinski definition) is 1. The Labute approximate surface area is 160 Å². The first-order valence-electron chi connectivity index (χ1n) is 7.04. The number of aliphatic hydroxyl groups is 1. The quantitative estimate of drug-likeness (QED) is 0.326. The Morgan fingerprint density at radius 3 is 2.05 bits per heavy atom. The van der Waals surface area contributed by atoms with E-state index in [4.69, 9.17) is 0 Å². The van der Waals surface area contributed by atoms with Crippen molar-refractivity contribution in [2.75, 3.05) is 0 Å².